The predicted octanol–water partition coefficient (Wildman–Crippen LogP) is 1.00. The number of methoxy groups -OCH3 is 2. The summed E-state index contributed by atoms with van der Waals surface area (Å²) in [7, 11) is 3.27. The van der Waals surface area contributed by atoms with Crippen molar-refractivity contribution in [1.29, 1.82) is 0 Å². The van der Waals surface area contributed by atoms with Gasteiger partial charge in [0, 0.05) is 26.2 Å². The fourth-order valence-electron chi connectivity index (χ4n) is 2.89. The minimum Gasteiger partial charge on any atom is -0.493 e. The number of ether oxygens (including phenoxy) is 2. The van der Waals surface area contributed by atoms with Crippen LogP contribution >= 0.6 is 0 Å². The lowest BCUT2D eigenvalue weighted by Crippen LogP contribution is -2.50. The fraction of sp³-hybridized carbons (Fsp3) is 0.611. The first-order valence-corrected chi connectivity index (χ1v) is 8.59. The SMILES string of the molecule is CCN1CCN(C(=O)CNCCc2ccc(OC)c(OC)c2)CC1. The maximum absolute atomic E-state index is 12.2. The van der Waals surface area contributed by atoms with Gasteiger partial charge in [0.25, 0.3) is 0 Å². The monoisotopic (exact) mass is 335 g/mol. The Morgan fingerprint density at radius 1 is 1.12 bits per heavy atom. The van der Waals surface area contributed by atoms with E-state index in [0.29, 0.717) is 6.54 Å². The molecule has 1 aromatic rings. The topological polar surface area (TPSA) is 54.0 Å². The summed E-state index contributed by atoms with van der Waals surface area (Å²) < 4.78 is 10.5. The Bertz CT molecular complexity index is 528. The predicted molar refractivity (Wildman–Crippen MR) is 94.8 cm³/mol. The van der Waals surface area contributed by atoms with E-state index in [1.54, 1.807) is 14.2 Å². The molecule has 1 aromatic carbocycles. The zero-order chi connectivity index (χ0) is 17.4. The minimum atomic E-state index is 0.193. The molecule has 2 rings (SSSR count). The first kappa shape index (κ1) is 18.5. The van der Waals surface area contributed by atoms with E-state index in [2.05, 4.69) is 17.1 Å². The van der Waals surface area contributed by atoms with Crippen molar-refractivity contribution < 1.29 is 14.3 Å². The third kappa shape index (κ3) is 5.11. The molecule has 1 aliphatic heterocycles. The number of rotatable bonds is 8. The van der Waals surface area contributed by atoms with E-state index < -0.39 is 0 Å². The van der Waals surface area contributed by atoms with Crippen molar-refractivity contribution in [2.24, 2.45) is 0 Å². The molecule has 1 saturated heterocycles. The smallest absolute Gasteiger partial charge is 0.236 e. The molecule has 134 valence electrons. The summed E-state index contributed by atoms with van der Waals surface area (Å²) in [6.45, 7) is 8.02. The quantitative estimate of drug-likeness (QED) is 0.719. The molecule has 1 aliphatic rings. The zero-order valence-electron chi connectivity index (χ0n) is 15.0. The molecule has 24 heavy (non-hydrogen) atoms. The van der Waals surface area contributed by atoms with Crippen LogP contribution in [-0.4, -0.2) is 75.7 Å². The van der Waals surface area contributed by atoms with Crippen molar-refractivity contribution in [2.45, 2.75) is 13.3 Å². The standard InChI is InChI=1S/C18H29N3O3/c1-4-20-9-11-21(12-10-20)18(22)14-19-8-7-15-5-6-16(23-2)17(13-15)24-3/h5-6,13,19H,4,7-12,14H2,1-3H3. The molecule has 1 fully saturated rings. The summed E-state index contributed by atoms with van der Waals surface area (Å²) in [5, 5.41) is 3.25. The number of carbonyl (C=O) groups excluding carboxylic acids is 1. The zero-order valence-corrected chi connectivity index (χ0v) is 15.0. The number of amides is 1. The normalized spacial score (nSPS) is 15.4. The van der Waals surface area contributed by atoms with Gasteiger partial charge in [0.1, 0.15) is 0 Å². The molecule has 0 aromatic heterocycles. The number of piperazine rings is 1. The van der Waals surface area contributed by atoms with Crippen molar-refractivity contribution in [3.05, 3.63) is 23.8 Å². The highest BCUT2D eigenvalue weighted by molar-refractivity contribution is 5.78. The Balaban J connectivity index is 1.70. The summed E-state index contributed by atoms with van der Waals surface area (Å²) >= 11 is 0. The van der Waals surface area contributed by atoms with Crippen molar-refractivity contribution in [3.8, 4) is 11.5 Å². The maximum atomic E-state index is 12.2. The Kier molecular flexibility index (Phi) is 7.34. The van der Waals surface area contributed by atoms with Crippen molar-refractivity contribution >= 4 is 5.91 Å². The molecular weight excluding hydrogens is 306 g/mol. The van der Waals surface area contributed by atoms with E-state index in [9.17, 15) is 4.79 Å². The van der Waals surface area contributed by atoms with Crippen molar-refractivity contribution in [3.63, 3.8) is 0 Å². The first-order chi connectivity index (χ1) is 11.7. The van der Waals surface area contributed by atoms with E-state index in [4.69, 9.17) is 9.47 Å². The van der Waals surface area contributed by atoms with E-state index >= 15 is 0 Å². The van der Waals surface area contributed by atoms with Crippen molar-refractivity contribution in [1.82, 2.24) is 15.1 Å². The molecule has 0 bridgehead atoms. The molecule has 1 N–H and O–H groups in total. The van der Waals surface area contributed by atoms with Crippen LogP contribution in [0.1, 0.15) is 12.5 Å². The van der Waals surface area contributed by atoms with Gasteiger partial charge in [-0.1, -0.05) is 13.0 Å². The van der Waals surface area contributed by atoms with E-state index in [1.807, 2.05) is 23.1 Å². The molecule has 0 spiro atoms. The summed E-state index contributed by atoms with van der Waals surface area (Å²) in [5.41, 5.74) is 1.16. The van der Waals surface area contributed by atoms with Crippen LogP contribution in [0.2, 0.25) is 0 Å². The molecule has 0 aliphatic carbocycles. The second-order valence-corrected chi connectivity index (χ2v) is 5.93. The van der Waals surface area contributed by atoms with E-state index in [-0.39, 0.29) is 5.91 Å². The summed E-state index contributed by atoms with van der Waals surface area (Å²) in [6, 6.07) is 5.91. The number of nitrogens with zero attached hydrogens (tertiary/aromatic N) is 2. The van der Waals surface area contributed by atoms with Gasteiger partial charge in [-0.3, -0.25) is 4.79 Å². The maximum Gasteiger partial charge on any atom is 0.236 e. The van der Waals surface area contributed by atoms with Gasteiger partial charge in [-0.15, -0.1) is 0 Å². The second kappa shape index (κ2) is 9.49. The van der Waals surface area contributed by atoms with Crippen LogP contribution < -0.4 is 14.8 Å². The lowest BCUT2D eigenvalue weighted by atomic mass is 10.1. The van der Waals surface area contributed by atoms with Crippen LogP contribution in [-0.2, 0) is 11.2 Å². The first-order valence-electron chi connectivity index (χ1n) is 8.59. The van der Waals surface area contributed by atoms with Crippen LogP contribution in [0.25, 0.3) is 0 Å². The molecule has 1 heterocycles. The number of hydrogen-bond donors (Lipinski definition) is 1. The number of hydrogen-bond acceptors (Lipinski definition) is 5. The largest absolute Gasteiger partial charge is 0.493 e. The molecule has 0 radical (unpaired) electrons. The van der Waals surface area contributed by atoms with Gasteiger partial charge < -0.3 is 24.6 Å². The van der Waals surface area contributed by atoms with Gasteiger partial charge in [0.15, 0.2) is 11.5 Å². The van der Waals surface area contributed by atoms with Crippen LogP contribution in [0.3, 0.4) is 0 Å². The van der Waals surface area contributed by atoms with Crippen LogP contribution in [0, 0.1) is 0 Å². The summed E-state index contributed by atoms with van der Waals surface area (Å²) in [4.78, 5) is 16.5. The second-order valence-electron chi connectivity index (χ2n) is 5.93. The fourth-order valence-corrected chi connectivity index (χ4v) is 2.89. The van der Waals surface area contributed by atoms with Gasteiger partial charge in [-0.05, 0) is 37.2 Å². The molecule has 0 atom stereocenters. The molecule has 1 amide bonds. The van der Waals surface area contributed by atoms with Gasteiger partial charge in [0.05, 0.1) is 20.8 Å². The lowest BCUT2D eigenvalue weighted by molar-refractivity contribution is -0.131. The summed E-state index contributed by atoms with van der Waals surface area (Å²) in [5.74, 6) is 1.66. The van der Waals surface area contributed by atoms with Gasteiger partial charge in [-0.25, -0.2) is 0 Å². The van der Waals surface area contributed by atoms with Gasteiger partial charge in [-0.2, -0.15) is 0 Å². The number of likely N-dealkylation sites (N-methyl/N-ethyl adjacent to an activating group) is 1. The highest BCUT2D eigenvalue weighted by atomic mass is 16.5. The number of nitrogens with one attached hydrogen (secondary N) is 1. The third-order valence-corrected chi connectivity index (χ3v) is 4.49. The van der Waals surface area contributed by atoms with Gasteiger partial charge >= 0.3 is 0 Å². The third-order valence-electron chi connectivity index (χ3n) is 4.49. The highest BCUT2D eigenvalue weighted by Crippen LogP contribution is 2.27. The minimum absolute atomic E-state index is 0.193. The average molecular weight is 335 g/mol. The highest BCUT2D eigenvalue weighted by Gasteiger charge is 2.19. The van der Waals surface area contributed by atoms with E-state index in [0.717, 1.165) is 62.8 Å². The Labute approximate surface area is 144 Å². The molecule has 6 heteroatoms. The van der Waals surface area contributed by atoms with Crippen molar-refractivity contribution in [2.75, 3.05) is 60.0 Å². The number of carbonyl (C=O) groups is 1. The Hall–Kier alpha value is -1.79. The summed E-state index contributed by atoms with van der Waals surface area (Å²) in [6.07, 6.45) is 0.844. The molecular formula is C18H29N3O3. The lowest BCUT2D eigenvalue weighted by Gasteiger charge is -2.34. The van der Waals surface area contributed by atoms with Crippen LogP contribution in [0.5, 0.6) is 11.5 Å². The van der Waals surface area contributed by atoms with Crippen LogP contribution in [0.4, 0.5) is 0 Å². The molecule has 0 unspecified atom stereocenters. The van der Waals surface area contributed by atoms with E-state index in [1.165, 1.54) is 0 Å². The number of benzene rings is 1. The Morgan fingerprint density at radius 2 is 1.83 bits per heavy atom. The molecule has 0 saturated carbocycles. The van der Waals surface area contributed by atoms with Gasteiger partial charge in [0.2, 0.25) is 5.91 Å². The Morgan fingerprint density at radius 3 is 2.46 bits per heavy atom. The van der Waals surface area contributed by atoms with Crippen LogP contribution in [0.15, 0.2) is 18.2 Å². The average Bonchev–Trinajstić information content (AvgIpc) is 2.64. The molecule has 6 nitrogen and oxygen atoms in total.